The fourth-order valence-corrected chi connectivity index (χ4v) is 3.38. The number of likely N-dealkylation sites (tertiary alicyclic amines) is 1. The maximum atomic E-state index is 12.5. The molecule has 0 aliphatic carbocycles. The summed E-state index contributed by atoms with van der Waals surface area (Å²) in [5.41, 5.74) is 4.05. The highest BCUT2D eigenvalue weighted by Gasteiger charge is 2.16. The molecular weight excluding hydrogens is 308 g/mol. The van der Waals surface area contributed by atoms with Gasteiger partial charge in [0, 0.05) is 17.8 Å². The third kappa shape index (κ3) is 4.70. The zero-order valence-electron chi connectivity index (χ0n) is 15.3. The van der Waals surface area contributed by atoms with Crippen molar-refractivity contribution in [2.24, 2.45) is 5.92 Å². The molecule has 1 heterocycles. The Balaban J connectivity index is 1.60. The van der Waals surface area contributed by atoms with Crippen LogP contribution in [-0.2, 0) is 13.0 Å². The van der Waals surface area contributed by atoms with Crippen LogP contribution in [0.25, 0.3) is 0 Å². The zero-order chi connectivity index (χ0) is 17.6. The monoisotopic (exact) mass is 336 g/mol. The number of carbonyl (C=O) groups excluding carboxylic acids is 1. The van der Waals surface area contributed by atoms with Gasteiger partial charge in [-0.05, 0) is 67.6 Å². The third-order valence-electron chi connectivity index (χ3n) is 5.15. The molecule has 1 fully saturated rings. The molecule has 1 aliphatic rings. The SMILES string of the molecule is CCc1ccccc1NC(=O)c1ccc(CN2CCC(C)CC2)cc1. The van der Waals surface area contributed by atoms with E-state index in [1.165, 1.54) is 31.5 Å². The van der Waals surface area contributed by atoms with Crippen LogP contribution in [-0.4, -0.2) is 23.9 Å². The molecule has 132 valence electrons. The van der Waals surface area contributed by atoms with Crippen LogP contribution in [0.15, 0.2) is 48.5 Å². The first-order valence-corrected chi connectivity index (χ1v) is 9.36. The number of nitrogens with zero attached hydrogens (tertiary/aromatic N) is 1. The van der Waals surface area contributed by atoms with Crippen LogP contribution < -0.4 is 5.32 Å². The number of anilines is 1. The highest BCUT2D eigenvalue weighted by atomic mass is 16.1. The van der Waals surface area contributed by atoms with Gasteiger partial charge in [-0.1, -0.05) is 44.2 Å². The summed E-state index contributed by atoms with van der Waals surface area (Å²) in [5.74, 6) is 0.813. The van der Waals surface area contributed by atoms with Gasteiger partial charge in [0.15, 0.2) is 0 Å². The van der Waals surface area contributed by atoms with Crippen LogP contribution >= 0.6 is 0 Å². The van der Waals surface area contributed by atoms with Crippen LogP contribution in [0.4, 0.5) is 5.69 Å². The second-order valence-electron chi connectivity index (χ2n) is 7.12. The Morgan fingerprint density at radius 1 is 1.08 bits per heavy atom. The lowest BCUT2D eigenvalue weighted by molar-refractivity contribution is 0.102. The second-order valence-corrected chi connectivity index (χ2v) is 7.12. The van der Waals surface area contributed by atoms with Crippen LogP contribution in [0.3, 0.4) is 0 Å². The summed E-state index contributed by atoms with van der Waals surface area (Å²) in [5, 5.41) is 3.03. The average Bonchev–Trinajstić information content (AvgIpc) is 2.64. The number of aryl methyl sites for hydroxylation is 1. The molecule has 0 spiro atoms. The predicted octanol–water partition coefficient (Wildman–Crippen LogP) is 4.73. The fraction of sp³-hybridized carbons (Fsp3) is 0.409. The number of hydrogen-bond acceptors (Lipinski definition) is 2. The van der Waals surface area contributed by atoms with Crippen LogP contribution in [0.2, 0.25) is 0 Å². The van der Waals surface area contributed by atoms with Gasteiger partial charge >= 0.3 is 0 Å². The standard InChI is InChI=1S/C22H28N2O/c1-3-19-6-4-5-7-21(19)23-22(25)20-10-8-18(9-11-20)16-24-14-12-17(2)13-15-24/h4-11,17H,3,12-16H2,1-2H3,(H,23,25). The molecule has 0 saturated carbocycles. The summed E-state index contributed by atoms with van der Waals surface area (Å²) in [7, 11) is 0. The van der Waals surface area contributed by atoms with Crippen molar-refractivity contribution >= 4 is 11.6 Å². The van der Waals surface area contributed by atoms with Crippen LogP contribution in [0.1, 0.15) is 48.2 Å². The van der Waals surface area contributed by atoms with E-state index in [9.17, 15) is 4.79 Å². The lowest BCUT2D eigenvalue weighted by Gasteiger charge is -2.30. The van der Waals surface area contributed by atoms with Gasteiger partial charge in [0.25, 0.3) is 5.91 Å². The smallest absolute Gasteiger partial charge is 0.255 e. The van der Waals surface area contributed by atoms with Gasteiger partial charge in [-0.25, -0.2) is 0 Å². The molecule has 25 heavy (non-hydrogen) atoms. The molecule has 1 amide bonds. The number of carbonyl (C=O) groups is 1. The number of nitrogens with one attached hydrogen (secondary N) is 1. The Labute approximate surface area is 151 Å². The van der Waals surface area contributed by atoms with Crippen molar-refractivity contribution in [2.45, 2.75) is 39.7 Å². The Hall–Kier alpha value is -2.13. The van der Waals surface area contributed by atoms with E-state index in [2.05, 4.69) is 42.3 Å². The van der Waals surface area contributed by atoms with Gasteiger partial charge in [-0.2, -0.15) is 0 Å². The molecule has 0 radical (unpaired) electrons. The van der Waals surface area contributed by atoms with E-state index >= 15 is 0 Å². The van der Waals surface area contributed by atoms with E-state index in [0.29, 0.717) is 5.56 Å². The fourth-order valence-electron chi connectivity index (χ4n) is 3.38. The number of para-hydroxylation sites is 1. The molecule has 1 N–H and O–H groups in total. The van der Waals surface area contributed by atoms with Crippen molar-refractivity contribution in [2.75, 3.05) is 18.4 Å². The molecule has 1 aliphatic heterocycles. The van der Waals surface area contributed by atoms with E-state index in [0.717, 1.165) is 30.1 Å². The summed E-state index contributed by atoms with van der Waals surface area (Å²) in [6.07, 6.45) is 3.48. The predicted molar refractivity (Wildman–Crippen MR) is 104 cm³/mol. The minimum Gasteiger partial charge on any atom is -0.322 e. The number of benzene rings is 2. The summed E-state index contributed by atoms with van der Waals surface area (Å²) < 4.78 is 0. The van der Waals surface area contributed by atoms with Crippen LogP contribution in [0.5, 0.6) is 0 Å². The number of rotatable bonds is 5. The Morgan fingerprint density at radius 2 is 1.76 bits per heavy atom. The number of hydrogen-bond donors (Lipinski definition) is 1. The molecule has 3 rings (SSSR count). The van der Waals surface area contributed by atoms with Gasteiger partial charge in [0.1, 0.15) is 0 Å². The van der Waals surface area contributed by atoms with Gasteiger partial charge in [-0.3, -0.25) is 9.69 Å². The molecule has 0 atom stereocenters. The molecule has 2 aromatic carbocycles. The Bertz CT molecular complexity index is 700. The van der Waals surface area contributed by atoms with Crippen molar-refractivity contribution in [1.82, 2.24) is 4.90 Å². The maximum absolute atomic E-state index is 12.5. The van der Waals surface area contributed by atoms with Gasteiger partial charge < -0.3 is 5.32 Å². The molecule has 1 saturated heterocycles. The van der Waals surface area contributed by atoms with Crippen molar-refractivity contribution in [1.29, 1.82) is 0 Å². The maximum Gasteiger partial charge on any atom is 0.255 e. The Morgan fingerprint density at radius 3 is 2.44 bits per heavy atom. The minimum atomic E-state index is -0.0424. The molecule has 0 aromatic heterocycles. The van der Waals surface area contributed by atoms with Gasteiger partial charge in [0.2, 0.25) is 0 Å². The molecule has 3 heteroatoms. The van der Waals surface area contributed by atoms with Crippen LogP contribution in [0, 0.1) is 5.92 Å². The van der Waals surface area contributed by atoms with E-state index in [-0.39, 0.29) is 5.91 Å². The lowest BCUT2D eigenvalue weighted by Crippen LogP contribution is -2.32. The largest absolute Gasteiger partial charge is 0.322 e. The number of piperidine rings is 1. The number of amides is 1. The molecule has 2 aromatic rings. The average molecular weight is 336 g/mol. The van der Waals surface area contributed by atoms with E-state index in [4.69, 9.17) is 0 Å². The molecule has 0 bridgehead atoms. The minimum absolute atomic E-state index is 0.0424. The topological polar surface area (TPSA) is 32.3 Å². The highest BCUT2D eigenvalue weighted by Crippen LogP contribution is 2.19. The van der Waals surface area contributed by atoms with Crippen molar-refractivity contribution in [3.8, 4) is 0 Å². The van der Waals surface area contributed by atoms with Crippen molar-refractivity contribution < 1.29 is 4.79 Å². The van der Waals surface area contributed by atoms with Gasteiger partial charge in [-0.15, -0.1) is 0 Å². The van der Waals surface area contributed by atoms with E-state index in [1.54, 1.807) is 0 Å². The summed E-state index contributed by atoms with van der Waals surface area (Å²) in [6.45, 7) is 7.77. The summed E-state index contributed by atoms with van der Waals surface area (Å²) >= 11 is 0. The summed E-state index contributed by atoms with van der Waals surface area (Å²) in [6, 6.07) is 16.0. The van der Waals surface area contributed by atoms with E-state index < -0.39 is 0 Å². The first-order chi connectivity index (χ1) is 12.2. The molecular formula is C22H28N2O. The highest BCUT2D eigenvalue weighted by molar-refractivity contribution is 6.04. The molecule has 0 unspecified atom stereocenters. The van der Waals surface area contributed by atoms with Crippen molar-refractivity contribution in [3.63, 3.8) is 0 Å². The normalized spacial score (nSPS) is 15.9. The van der Waals surface area contributed by atoms with Crippen molar-refractivity contribution in [3.05, 3.63) is 65.2 Å². The first kappa shape index (κ1) is 17.7. The second kappa shape index (κ2) is 8.30. The first-order valence-electron chi connectivity index (χ1n) is 9.36. The quantitative estimate of drug-likeness (QED) is 0.856. The third-order valence-corrected chi connectivity index (χ3v) is 5.15. The van der Waals surface area contributed by atoms with E-state index in [1.807, 2.05) is 30.3 Å². The zero-order valence-corrected chi connectivity index (χ0v) is 15.3. The summed E-state index contributed by atoms with van der Waals surface area (Å²) in [4.78, 5) is 15.0. The van der Waals surface area contributed by atoms with Gasteiger partial charge in [0.05, 0.1) is 0 Å². The molecule has 3 nitrogen and oxygen atoms in total. The Kier molecular flexibility index (Phi) is 5.87. The lowest BCUT2D eigenvalue weighted by atomic mass is 9.99.